The molecular formula is C14H16O2. The summed E-state index contributed by atoms with van der Waals surface area (Å²) < 4.78 is 4.87. The van der Waals surface area contributed by atoms with Crippen molar-refractivity contribution in [2.45, 2.75) is 13.8 Å². The SMILES string of the molecule is CCOC(=O)C(C)=CC=Cc1ccccc1. The van der Waals surface area contributed by atoms with Crippen LogP contribution in [0.4, 0.5) is 0 Å². The van der Waals surface area contributed by atoms with Gasteiger partial charge in [0.2, 0.25) is 0 Å². The minimum Gasteiger partial charge on any atom is -0.463 e. The molecule has 0 aliphatic rings. The smallest absolute Gasteiger partial charge is 0.333 e. The molecule has 0 atom stereocenters. The van der Waals surface area contributed by atoms with E-state index in [9.17, 15) is 4.79 Å². The van der Waals surface area contributed by atoms with Crippen LogP contribution < -0.4 is 0 Å². The Morgan fingerprint density at radius 2 is 2.00 bits per heavy atom. The molecule has 2 nitrogen and oxygen atoms in total. The van der Waals surface area contributed by atoms with Crippen molar-refractivity contribution in [1.82, 2.24) is 0 Å². The highest BCUT2D eigenvalue weighted by Gasteiger charge is 2.01. The van der Waals surface area contributed by atoms with Crippen molar-refractivity contribution in [1.29, 1.82) is 0 Å². The van der Waals surface area contributed by atoms with E-state index in [2.05, 4.69) is 0 Å². The Morgan fingerprint density at radius 1 is 1.31 bits per heavy atom. The van der Waals surface area contributed by atoms with Crippen LogP contribution in [0.3, 0.4) is 0 Å². The molecule has 0 N–H and O–H groups in total. The van der Waals surface area contributed by atoms with Gasteiger partial charge in [-0.1, -0.05) is 48.6 Å². The van der Waals surface area contributed by atoms with Crippen LogP contribution in [-0.2, 0) is 9.53 Å². The van der Waals surface area contributed by atoms with E-state index >= 15 is 0 Å². The van der Waals surface area contributed by atoms with Gasteiger partial charge in [-0.25, -0.2) is 4.79 Å². The van der Waals surface area contributed by atoms with Crippen molar-refractivity contribution >= 4 is 12.0 Å². The van der Waals surface area contributed by atoms with Crippen LogP contribution >= 0.6 is 0 Å². The summed E-state index contributed by atoms with van der Waals surface area (Å²) >= 11 is 0. The van der Waals surface area contributed by atoms with Crippen molar-refractivity contribution in [3.05, 3.63) is 53.6 Å². The molecule has 0 aliphatic heterocycles. The normalized spacial score (nSPS) is 11.8. The Labute approximate surface area is 96.2 Å². The molecule has 0 spiro atoms. The number of benzene rings is 1. The first-order valence-electron chi connectivity index (χ1n) is 5.31. The molecule has 0 amide bonds. The molecule has 0 heterocycles. The summed E-state index contributed by atoms with van der Waals surface area (Å²) in [5.41, 5.74) is 1.71. The summed E-state index contributed by atoms with van der Waals surface area (Å²) in [5, 5.41) is 0. The van der Waals surface area contributed by atoms with E-state index in [-0.39, 0.29) is 5.97 Å². The highest BCUT2D eigenvalue weighted by molar-refractivity contribution is 5.88. The second-order valence-corrected chi connectivity index (χ2v) is 3.34. The molecule has 0 radical (unpaired) electrons. The van der Waals surface area contributed by atoms with Gasteiger partial charge in [-0.15, -0.1) is 0 Å². The molecule has 0 saturated heterocycles. The van der Waals surface area contributed by atoms with Crippen LogP contribution in [-0.4, -0.2) is 12.6 Å². The first kappa shape index (κ1) is 12.2. The molecule has 1 rings (SSSR count). The molecule has 0 fully saturated rings. The van der Waals surface area contributed by atoms with E-state index < -0.39 is 0 Å². The molecule has 0 aromatic heterocycles. The molecular weight excluding hydrogens is 200 g/mol. The van der Waals surface area contributed by atoms with Crippen molar-refractivity contribution < 1.29 is 9.53 Å². The summed E-state index contributed by atoms with van der Waals surface area (Å²) in [6.07, 6.45) is 5.55. The quantitative estimate of drug-likeness (QED) is 0.439. The molecule has 1 aromatic carbocycles. The predicted molar refractivity (Wildman–Crippen MR) is 65.9 cm³/mol. The third-order valence-electron chi connectivity index (χ3n) is 2.03. The highest BCUT2D eigenvalue weighted by atomic mass is 16.5. The number of hydrogen-bond acceptors (Lipinski definition) is 2. The Kier molecular flexibility index (Phi) is 5.06. The zero-order valence-electron chi connectivity index (χ0n) is 9.64. The summed E-state index contributed by atoms with van der Waals surface area (Å²) in [7, 11) is 0. The first-order chi connectivity index (χ1) is 7.74. The molecule has 2 heteroatoms. The topological polar surface area (TPSA) is 26.3 Å². The van der Waals surface area contributed by atoms with Gasteiger partial charge < -0.3 is 4.74 Å². The molecule has 1 aromatic rings. The number of ether oxygens (including phenoxy) is 1. The fraction of sp³-hybridized carbons (Fsp3) is 0.214. The van der Waals surface area contributed by atoms with Gasteiger partial charge in [-0.2, -0.15) is 0 Å². The van der Waals surface area contributed by atoms with Crippen LogP contribution in [0.15, 0.2) is 48.1 Å². The number of esters is 1. The third-order valence-corrected chi connectivity index (χ3v) is 2.03. The Morgan fingerprint density at radius 3 is 2.62 bits per heavy atom. The average Bonchev–Trinajstić information content (AvgIpc) is 2.30. The van der Waals surface area contributed by atoms with Crippen LogP contribution in [0.1, 0.15) is 19.4 Å². The predicted octanol–water partition coefficient (Wildman–Crippen LogP) is 3.21. The fourth-order valence-electron chi connectivity index (χ4n) is 1.18. The lowest BCUT2D eigenvalue weighted by Gasteiger charge is -1.99. The average molecular weight is 216 g/mol. The van der Waals surface area contributed by atoms with E-state index in [0.717, 1.165) is 5.56 Å². The van der Waals surface area contributed by atoms with Crippen LogP contribution in [0, 0.1) is 0 Å². The number of allylic oxidation sites excluding steroid dienone is 2. The monoisotopic (exact) mass is 216 g/mol. The maximum Gasteiger partial charge on any atom is 0.333 e. The maximum absolute atomic E-state index is 11.3. The number of carbonyl (C=O) groups excluding carboxylic acids is 1. The standard InChI is InChI=1S/C14H16O2/c1-3-16-14(15)12(2)8-7-11-13-9-5-4-6-10-13/h4-11H,3H2,1-2H3. The van der Waals surface area contributed by atoms with Gasteiger partial charge >= 0.3 is 5.97 Å². The number of hydrogen-bond donors (Lipinski definition) is 0. The first-order valence-corrected chi connectivity index (χ1v) is 5.31. The minimum absolute atomic E-state index is 0.264. The molecule has 0 saturated carbocycles. The van der Waals surface area contributed by atoms with E-state index in [1.54, 1.807) is 19.9 Å². The lowest BCUT2D eigenvalue weighted by Crippen LogP contribution is -2.04. The second-order valence-electron chi connectivity index (χ2n) is 3.34. The van der Waals surface area contributed by atoms with Crippen molar-refractivity contribution in [2.24, 2.45) is 0 Å². The number of carbonyl (C=O) groups is 1. The third kappa shape index (κ3) is 4.13. The summed E-state index contributed by atoms with van der Waals surface area (Å²) in [4.78, 5) is 11.3. The van der Waals surface area contributed by atoms with Crippen molar-refractivity contribution in [3.8, 4) is 0 Å². The van der Waals surface area contributed by atoms with Gasteiger partial charge in [0.15, 0.2) is 0 Å². The van der Waals surface area contributed by atoms with Gasteiger partial charge in [-0.05, 0) is 19.4 Å². The number of rotatable bonds is 4. The fourth-order valence-corrected chi connectivity index (χ4v) is 1.18. The zero-order valence-corrected chi connectivity index (χ0v) is 9.64. The van der Waals surface area contributed by atoms with Gasteiger partial charge in [0.25, 0.3) is 0 Å². The van der Waals surface area contributed by atoms with Gasteiger partial charge in [0, 0.05) is 5.57 Å². The molecule has 84 valence electrons. The summed E-state index contributed by atoms with van der Waals surface area (Å²) in [5.74, 6) is -0.264. The largest absolute Gasteiger partial charge is 0.463 e. The maximum atomic E-state index is 11.3. The second kappa shape index (κ2) is 6.62. The molecule has 0 aliphatic carbocycles. The van der Waals surface area contributed by atoms with Crippen molar-refractivity contribution in [2.75, 3.05) is 6.61 Å². The van der Waals surface area contributed by atoms with Crippen LogP contribution in [0.5, 0.6) is 0 Å². The van der Waals surface area contributed by atoms with E-state index in [1.807, 2.05) is 42.5 Å². The van der Waals surface area contributed by atoms with E-state index in [0.29, 0.717) is 12.2 Å². The van der Waals surface area contributed by atoms with Gasteiger partial charge in [-0.3, -0.25) is 0 Å². The Hall–Kier alpha value is -1.83. The van der Waals surface area contributed by atoms with E-state index in [1.165, 1.54) is 0 Å². The summed E-state index contributed by atoms with van der Waals surface area (Å²) in [6, 6.07) is 9.92. The zero-order chi connectivity index (χ0) is 11.8. The van der Waals surface area contributed by atoms with Crippen LogP contribution in [0.2, 0.25) is 0 Å². The van der Waals surface area contributed by atoms with Crippen molar-refractivity contribution in [3.63, 3.8) is 0 Å². The molecule has 16 heavy (non-hydrogen) atoms. The summed E-state index contributed by atoms with van der Waals surface area (Å²) in [6.45, 7) is 3.95. The Balaban J connectivity index is 2.59. The molecule has 0 bridgehead atoms. The Bertz CT molecular complexity index is 388. The van der Waals surface area contributed by atoms with Crippen LogP contribution in [0.25, 0.3) is 6.08 Å². The van der Waals surface area contributed by atoms with E-state index in [4.69, 9.17) is 4.74 Å². The lowest BCUT2D eigenvalue weighted by atomic mass is 10.2. The minimum atomic E-state index is -0.264. The molecule has 0 unspecified atom stereocenters. The van der Waals surface area contributed by atoms with Gasteiger partial charge in [0.05, 0.1) is 6.61 Å². The highest BCUT2D eigenvalue weighted by Crippen LogP contribution is 2.03. The lowest BCUT2D eigenvalue weighted by molar-refractivity contribution is -0.138. The van der Waals surface area contributed by atoms with Gasteiger partial charge in [0.1, 0.15) is 0 Å².